The summed E-state index contributed by atoms with van der Waals surface area (Å²) < 4.78 is 0. The van der Waals surface area contributed by atoms with E-state index < -0.39 is 12.0 Å². The Hall–Kier alpha value is -1.88. The maximum Gasteiger partial charge on any atom is 0.326 e. The number of amides is 1. The zero-order chi connectivity index (χ0) is 15.8. The van der Waals surface area contributed by atoms with E-state index in [1.165, 1.54) is 0 Å². The van der Waals surface area contributed by atoms with Crippen LogP contribution in [0.25, 0.3) is 0 Å². The van der Waals surface area contributed by atoms with E-state index >= 15 is 0 Å². The lowest BCUT2D eigenvalue weighted by Gasteiger charge is -2.20. The number of nitrogens with two attached hydrogens (primary N) is 1. The molecule has 0 spiro atoms. The summed E-state index contributed by atoms with van der Waals surface area (Å²) in [5.74, 6) is -1.33. The highest BCUT2D eigenvalue weighted by Crippen LogP contribution is 2.12. The predicted octanol–water partition coefficient (Wildman–Crippen LogP) is 1.42. The van der Waals surface area contributed by atoms with Crippen LogP contribution >= 0.6 is 0 Å². The summed E-state index contributed by atoms with van der Waals surface area (Å²) >= 11 is 0. The summed E-state index contributed by atoms with van der Waals surface area (Å²) in [4.78, 5) is 23.5. The van der Waals surface area contributed by atoms with Crippen LogP contribution in [0.15, 0.2) is 30.3 Å². The van der Waals surface area contributed by atoms with Gasteiger partial charge in [-0.15, -0.1) is 0 Å². The molecule has 1 aromatic rings. The number of hydrogen-bond donors (Lipinski definition) is 3. The molecule has 0 bridgehead atoms. The van der Waals surface area contributed by atoms with E-state index in [0.29, 0.717) is 12.3 Å². The van der Waals surface area contributed by atoms with Crippen molar-refractivity contribution in [2.75, 3.05) is 6.54 Å². The van der Waals surface area contributed by atoms with Gasteiger partial charge in [0, 0.05) is 13.0 Å². The molecule has 0 radical (unpaired) electrons. The van der Waals surface area contributed by atoms with Crippen molar-refractivity contribution in [3.8, 4) is 0 Å². The number of hydrogen-bond acceptors (Lipinski definition) is 3. The molecular formula is C16H24N2O3. The van der Waals surface area contributed by atoms with Gasteiger partial charge in [0.2, 0.25) is 5.91 Å². The molecule has 0 saturated carbocycles. The molecule has 5 nitrogen and oxygen atoms in total. The lowest BCUT2D eigenvalue weighted by atomic mass is 9.95. The maximum absolute atomic E-state index is 12.2. The van der Waals surface area contributed by atoms with Crippen molar-refractivity contribution in [2.45, 2.75) is 32.7 Å². The summed E-state index contributed by atoms with van der Waals surface area (Å²) in [6.07, 6.45) is 0.918. The average molecular weight is 292 g/mol. The van der Waals surface area contributed by atoms with E-state index in [9.17, 15) is 14.7 Å². The van der Waals surface area contributed by atoms with Gasteiger partial charge < -0.3 is 16.2 Å². The second kappa shape index (κ2) is 8.42. The molecule has 4 N–H and O–H groups in total. The third-order valence-electron chi connectivity index (χ3n) is 3.31. The Kier molecular flexibility index (Phi) is 6.88. The van der Waals surface area contributed by atoms with Gasteiger partial charge in [-0.1, -0.05) is 44.2 Å². The Morgan fingerprint density at radius 3 is 2.33 bits per heavy atom. The van der Waals surface area contributed by atoms with E-state index in [-0.39, 0.29) is 24.8 Å². The fraction of sp³-hybridized carbons (Fsp3) is 0.500. The summed E-state index contributed by atoms with van der Waals surface area (Å²) in [6.45, 7) is 4.24. The number of carbonyl (C=O) groups excluding carboxylic acids is 1. The molecular weight excluding hydrogens is 268 g/mol. The van der Waals surface area contributed by atoms with Crippen LogP contribution in [-0.4, -0.2) is 29.6 Å². The normalized spacial score (nSPS) is 13.7. The highest BCUT2D eigenvalue weighted by molar-refractivity contribution is 5.85. The Morgan fingerprint density at radius 2 is 1.86 bits per heavy atom. The minimum absolute atomic E-state index is 0.224. The molecule has 0 aliphatic rings. The molecule has 1 amide bonds. The molecule has 0 aliphatic heterocycles. The molecule has 116 valence electrons. The molecule has 21 heavy (non-hydrogen) atoms. The minimum Gasteiger partial charge on any atom is -0.480 e. The van der Waals surface area contributed by atoms with E-state index in [4.69, 9.17) is 5.73 Å². The quantitative estimate of drug-likeness (QED) is 0.675. The SMILES string of the molecule is CC(C)CC(CN)C(=O)N[C@H](Cc1ccccc1)C(=O)O. The number of carboxylic acid groups (broad SMARTS) is 1. The van der Waals surface area contributed by atoms with E-state index in [0.717, 1.165) is 5.56 Å². The van der Waals surface area contributed by atoms with Crippen molar-refractivity contribution in [2.24, 2.45) is 17.6 Å². The van der Waals surface area contributed by atoms with Crippen molar-refractivity contribution in [3.63, 3.8) is 0 Å². The molecule has 0 aliphatic carbocycles. The van der Waals surface area contributed by atoms with Gasteiger partial charge in [0.25, 0.3) is 0 Å². The number of nitrogens with one attached hydrogen (secondary N) is 1. The number of benzene rings is 1. The summed E-state index contributed by atoms with van der Waals surface area (Å²) in [7, 11) is 0. The van der Waals surface area contributed by atoms with Crippen LogP contribution in [0.1, 0.15) is 25.8 Å². The van der Waals surface area contributed by atoms with E-state index in [2.05, 4.69) is 5.32 Å². The van der Waals surface area contributed by atoms with Gasteiger partial charge in [0.05, 0.1) is 5.92 Å². The average Bonchev–Trinajstić information content (AvgIpc) is 2.44. The lowest BCUT2D eigenvalue weighted by Crippen LogP contribution is -2.46. The van der Waals surface area contributed by atoms with Crippen LogP contribution in [0.2, 0.25) is 0 Å². The van der Waals surface area contributed by atoms with Gasteiger partial charge in [-0.05, 0) is 17.9 Å². The fourth-order valence-corrected chi connectivity index (χ4v) is 2.22. The molecule has 0 heterocycles. The van der Waals surface area contributed by atoms with Crippen LogP contribution in [0.3, 0.4) is 0 Å². The Labute approximate surface area is 125 Å². The third-order valence-corrected chi connectivity index (χ3v) is 3.31. The Balaban J connectivity index is 2.69. The predicted molar refractivity (Wildman–Crippen MR) is 81.7 cm³/mol. The number of carbonyl (C=O) groups is 2. The molecule has 1 rings (SSSR count). The van der Waals surface area contributed by atoms with Gasteiger partial charge in [0.15, 0.2) is 0 Å². The van der Waals surface area contributed by atoms with Crippen molar-refractivity contribution in [3.05, 3.63) is 35.9 Å². The zero-order valence-electron chi connectivity index (χ0n) is 12.6. The van der Waals surface area contributed by atoms with Gasteiger partial charge in [0.1, 0.15) is 6.04 Å². The van der Waals surface area contributed by atoms with Crippen molar-refractivity contribution < 1.29 is 14.7 Å². The third kappa shape index (κ3) is 5.95. The number of carboxylic acids is 1. The standard InChI is InChI=1S/C16H24N2O3/c1-11(2)8-13(10-17)15(19)18-14(16(20)21)9-12-6-4-3-5-7-12/h3-7,11,13-14H,8-10,17H2,1-2H3,(H,18,19)(H,20,21)/t13?,14-/m1/s1. The molecule has 1 aromatic carbocycles. The minimum atomic E-state index is -1.03. The van der Waals surface area contributed by atoms with Crippen LogP contribution in [-0.2, 0) is 16.0 Å². The van der Waals surface area contributed by atoms with Crippen LogP contribution in [0.5, 0.6) is 0 Å². The Bertz CT molecular complexity index is 460. The first kappa shape index (κ1) is 17.2. The summed E-state index contributed by atoms with van der Waals surface area (Å²) in [5, 5.41) is 11.9. The molecule has 0 aromatic heterocycles. The highest BCUT2D eigenvalue weighted by atomic mass is 16.4. The van der Waals surface area contributed by atoms with Gasteiger partial charge in [-0.25, -0.2) is 4.79 Å². The first-order chi connectivity index (χ1) is 9.93. The van der Waals surface area contributed by atoms with Crippen molar-refractivity contribution >= 4 is 11.9 Å². The van der Waals surface area contributed by atoms with Crippen molar-refractivity contribution in [1.29, 1.82) is 0 Å². The summed E-state index contributed by atoms with van der Waals surface area (Å²) in [6, 6.07) is 8.31. The monoisotopic (exact) mass is 292 g/mol. The smallest absolute Gasteiger partial charge is 0.326 e. The first-order valence-corrected chi connectivity index (χ1v) is 7.21. The molecule has 0 fully saturated rings. The van der Waals surface area contributed by atoms with Crippen molar-refractivity contribution in [1.82, 2.24) is 5.32 Å². The second-order valence-electron chi connectivity index (χ2n) is 5.65. The summed E-state index contributed by atoms with van der Waals surface area (Å²) in [5.41, 5.74) is 6.49. The first-order valence-electron chi connectivity index (χ1n) is 7.21. The van der Waals surface area contributed by atoms with Crippen LogP contribution < -0.4 is 11.1 Å². The number of rotatable bonds is 8. The second-order valence-corrected chi connectivity index (χ2v) is 5.65. The zero-order valence-corrected chi connectivity index (χ0v) is 12.6. The van der Waals surface area contributed by atoms with Crippen LogP contribution in [0, 0.1) is 11.8 Å². The van der Waals surface area contributed by atoms with Gasteiger partial charge >= 0.3 is 5.97 Å². The van der Waals surface area contributed by atoms with E-state index in [1.54, 1.807) is 0 Å². The highest BCUT2D eigenvalue weighted by Gasteiger charge is 2.25. The van der Waals surface area contributed by atoms with E-state index in [1.807, 2.05) is 44.2 Å². The molecule has 2 atom stereocenters. The molecule has 1 unspecified atom stereocenters. The topological polar surface area (TPSA) is 92.4 Å². The number of aliphatic carboxylic acids is 1. The Morgan fingerprint density at radius 1 is 1.24 bits per heavy atom. The lowest BCUT2D eigenvalue weighted by molar-refractivity contribution is -0.142. The van der Waals surface area contributed by atoms with Gasteiger partial charge in [-0.3, -0.25) is 4.79 Å². The van der Waals surface area contributed by atoms with Crippen LogP contribution in [0.4, 0.5) is 0 Å². The van der Waals surface area contributed by atoms with Gasteiger partial charge in [-0.2, -0.15) is 0 Å². The largest absolute Gasteiger partial charge is 0.480 e. The molecule has 5 heteroatoms. The molecule has 0 saturated heterocycles. The fourth-order valence-electron chi connectivity index (χ4n) is 2.22. The maximum atomic E-state index is 12.2.